The Labute approximate surface area is 240 Å². The van der Waals surface area contributed by atoms with Crippen molar-refractivity contribution in [3.05, 3.63) is 82.9 Å². The molecule has 2 saturated heterocycles. The van der Waals surface area contributed by atoms with Crippen molar-refractivity contribution < 1.29 is 9.59 Å². The molecule has 3 atom stereocenters. The van der Waals surface area contributed by atoms with Crippen molar-refractivity contribution in [1.82, 2.24) is 15.5 Å². The lowest BCUT2D eigenvalue weighted by atomic mass is 9.96. The van der Waals surface area contributed by atoms with Gasteiger partial charge < -0.3 is 20.9 Å². The Balaban J connectivity index is 0.000000617. The number of halogens is 1. The van der Waals surface area contributed by atoms with Gasteiger partial charge in [-0.25, -0.2) is 5.53 Å². The van der Waals surface area contributed by atoms with Crippen LogP contribution in [0.4, 0.5) is 11.4 Å². The van der Waals surface area contributed by atoms with E-state index in [-0.39, 0.29) is 23.8 Å². The molecule has 9 heteroatoms. The Morgan fingerprint density at radius 1 is 1.23 bits per heavy atom. The second-order valence-electron chi connectivity index (χ2n) is 9.81. The summed E-state index contributed by atoms with van der Waals surface area (Å²) in [6.45, 7) is 7.60. The predicted octanol–water partition coefficient (Wildman–Crippen LogP) is 5.91. The van der Waals surface area contributed by atoms with Gasteiger partial charge in [0.05, 0.1) is 11.7 Å². The highest BCUT2D eigenvalue weighted by atomic mass is 79.9. The number of allylic oxidation sites excluding steroid dienone is 3. The summed E-state index contributed by atoms with van der Waals surface area (Å²) in [5.41, 5.74) is 10.6. The summed E-state index contributed by atoms with van der Waals surface area (Å²) in [5.74, 6) is 0.0596. The lowest BCUT2D eigenvalue weighted by Crippen LogP contribution is -2.51. The highest BCUT2D eigenvalue weighted by Gasteiger charge is 2.42. The summed E-state index contributed by atoms with van der Waals surface area (Å²) in [6, 6.07) is 16.8. The SMILES string of the molecule is C=C/C(CC1CC(C(=O)NCc2ccc(NC)c(N=N)c2)N(C(=O)[C@H]2CCCN2)C1)=C(\C)Br.c1ccccc1. The third-order valence-corrected chi connectivity index (χ3v) is 7.62. The van der Waals surface area contributed by atoms with Crippen molar-refractivity contribution >= 4 is 39.1 Å². The molecule has 208 valence electrons. The maximum atomic E-state index is 13.2. The first kappa shape index (κ1) is 30.2. The first-order valence-corrected chi connectivity index (χ1v) is 14.1. The number of nitrogens with zero attached hydrogens (tertiary/aromatic N) is 2. The highest BCUT2D eigenvalue weighted by molar-refractivity contribution is 9.11. The number of anilines is 1. The lowest BCUT2D eigenvalue weighted by Gasteiger charge is -2.26. The topological polar surface area (TPSA) is 110 Å². The Morgan fingerprint density at radius 2 is 1.92 bits per heavy atom. The smallest absolute Gasteiger partial charge is 0.243 e. The normalized spacial score (nSPS) is 20.8. The minimum Gasteiger partial charge on any atom is -0.386 e. The summed E-state index contributed by atoms with van der Waals surface area (Å²) in [5, 5.41) is 12.8. The van der Waals surface area contributed by atoms with Crippen LogP contribution in [0.2, 0.25) is 0 Å². The van der Waals surface area contributed by atoms with Crippen LogP contribution in [0.25, 0.3) is 0 Å². The number of benzene rings is 2. The van der Waals surface area contributed by atoms with E-state index in [1.165, 1.54) is 0 Å². The standard InChI is InChI=1S/C24H33BrN6O2.C6H6/c1-4-18(15(2)25)10-17-12-22(31(14-17)24(33)20-6-5-9-28-20)23(32)29-13-16-7-8-19(27-3)21(11-16)30-26;1-2-4-6-5-3-1/h4,7-8,11,17,20,22,26-28H,1,5-6,9-10,12-14H2,2-3H3,(H,29,32);1-6H/b18-15-,30-26?;/t17?,20-,22?;/m1./s1. The van der Waals surface area contributed by atoms with Crippen LogP contribution in [0.1, 0.15) is 38.2 Å². The molecule has 0 aromatic heterocycles. The van der Waals surface area contributed by atoms with E-state index in [1.807, 2.05) is 61.5 Å². The summed E-state index contributed by atoms with van der Waals surface area (Å²) >= 11 is 3.54. The molecular formula is C30H39BrN6O2. The Bertz CT molecular complexity index is 1130. The third kappa shape index (κ3) is 8.60. The zero-order chi connectivity index (χ0) is 28.2. The molecule has 0 bridgehead atoms. The molecule has 2 heterocycles. The molecule has 0 aliphatic carbocycles. The van der Waals surface area contributed by atoms with Crippen LogP contribution in [0.15, 0.2) is 82.4 Å². The number of amides is 2. The largest absolute Gasteiger partial charge is 0.386 e. The number of likely N-dealkylation sites (tertiary alicyclic amines) is 1. The van der Waals surface area contributed by atoms with Gasteiger partial charge in [0, 0.05) is 20.1 Å². The van der Waals surface area contributed by atoms with Gasteiger partial charge in [0.15, 0.2) is 0 Å². The first-order chi connectivity index (χ1) is 18.9. The summed E-state index contributed by atoms with van der Waals surface area (Å²) in [6.07, 6.45) is 5.01. The molecule has 2 aliphatic rings. The molecule has 2 amide bonds. The Morgan fingerprint density at radius 3 is 2.46 bits per heavy atom. The molecule has 0 spiro atoms. The van der Waals surface area contributed by atoms with Gasteiger partial charge in [-0.3, -0.25) is 9.59 Å². The molecule has 4 N–H and O–H groups in total. The van der Waals surface area contributed by atoms with Crippen molar-refractivity contribution in [2.45, 2.75) is 51.2 Å². The van der Waals surface area contributed by atoms with Gasteiger partial charge in [0.2, 0.25) is 11.8 Å². The number of hydrogen-bond acceptors (Lipinski definition) is 6. The monoisotopic (exact) mass is 594 g/mol. The van der Waals surface area contributed by atoms with Gasteiger partial charge in [-0.2, -0.15) is 5.11 Å². The molecule has 8 nitrogen and oxygen atoms in total. The van der Waals surface area contributed by atoms with Crippen LogP contribution in [0, 0.1) is 11.4 Å². The van der Waals surface area contributed by atoms with Crippen LogP contribution in [0.5, 0.6) is 0 Å². The number of rotatable bonds is 9. The van der Waals surface area contributed by atoms with Crippen molar-refractivity contribution in [2.24, 2.45) is 11.0 Å². The first-order valence-electron chi connectivity index (χ1n) is 13.3. The van der Waals surface area contributed by atoms with Crippen LogP contribution in [-0.2, 0) is 16.1 Å². The minimum atomic E-state index is -0.497. The van der Waals surface area contributed by atoms with Gasteiger partial charge >= 0.3 is 0 Å². The number of carbonyl (C=O) groups excluding carboxylic acids is 2. The van der Waals surface area contributed by atoms with Crippen LogP contribution >= 0.6 is 15.9 Å². The van der Waals surface area contributed by atoms with Gasteiger partial charge in [-0.15, -0.1) is 0 Å². The molecule has 2 aliphatic heterocycles. The molecule has 2 aromatic rings. The Kier molecular flexibility index (Phi) is 11.9. The third-order valence-electron chi connectivity index (χ3n) is 7.11. The molecule has 0 saturated carbocycles. The number of hydrogen-bond donors (Lipinski definition) is 4. The van der Waals surface area contributed by atoms with Gasteiger partial charge in [0.25, 0.3) is 0 Å². The van der Waals surface area contributed by atoms with E-state index in [4.69, 9.17) is 5.53 Å². The molecule has 4 rings (SSSR count). The average molecular weight is 596 g/mol. The molecule has 2 aromatic carbocycles. The summed E-state index contributed by atoms with van der Waals surface area (Å²) in [4.78, 5) is 28.2. The molecular weight excluding hydrogens is 556 g/mol. The Hall–Kier alpha value is -3.30. The van der Waals surface area contributed by atoms with E-state index in [9.17, 15) is 9.59 Å². The van der Waals surface area contributed by atoms with Crippen molar-refractivity contribution in [3.63, 3.8) is 0 Å². The highest BCUT2D eigenvalue weighted by Crippen LogP contribution is 2.32. The molecule has 2 fully saturated rings. The quantitative estimate of drug-likeness (QED) is 0.214. The van der Waals surface area contributed by atoms with E-state index in [2.05, 4.69) is 43.6 Å². The number of carbonyl (C=O) groups is 2. The molecule has 39 heavy (non-hydrogen) atoms. The minimum absolute atomic E-state index is 0.0171. The second-order valence-corrected chi connectivity index (χ2v) is 11.0. The number of nitrogens with one attached hydrogen (secondary N) is 4. The summed E-state index contributed by atoms with van der Waals surface area (Å²) in [7, 11) is 1.77. The van der Waals surface area contributed by atoms with Crippen LogP contribution in [0.3, 0.4) is 0 Å². The van der Waals surface area contributed by atoms with E-state index < -0.39 is 6.04 Å². The van der Waals surface area contributed by atoms with E-state index in [0.29, 0.717) is 25.2 Å². The van der Waals surface area contributed by atoms with Crippen molar-refractivity contribution in [1.29, 1.82) is 5.53 Å². The molecule has 2 unspecified atom stereocenters. The maximum absolute atomic E-state index is 13.2. The maximum Gasteiger partial charge on any atom is 0.243 e. The van der Waals surface area contributed by atoms with Gasteiger partial charge in [-0.05, 0) is 72.8 Å². The van der Waals surface area contributed by atoms with E-state index >= 15 is 0 Å². The predicted molar refractivity (Wildman–Crippen MR) is 160 cm³/mol. The van der Waals surface area contributed by atoms with E-state index in [1.54, 1.807) is 18.0 Å². The second kappa shape index (κ2) is 15.3. The fourth-order valence-corrected chi connectivity index (χ4v) is 5.34. The lowest BCUT2D eigenvalue weighted by molar-refractivity contribution is -0.139. The fourth-order valence-electron chi connectivity index (χ4n) is 5.02. The zero-order valence-corrected chi connectivity index (χ0v) is 24.3. The fraction of sp³-hybridized carbons (Fsp3) is 0.400. The van der Waals surface area contributed by atoms with Crippen LogP contribution in [-0.4, -0.2) is 48.9 Å². The molecule has 0 radical (unpaired) electrons. The average Bonchev–Trinajstić information content (AvgIpc) is 3.66. The summed E-state index contributed by atoms with van der Waals surface area (Å²) < 4.78 is 1.03. The van der Waals surface area contributed by atoms with E-state index in [0.717, 1.165) is 47.1 Å². The van der Waals surface area contributed by atoms with Crippen LogP contribution < -0.4 is 16.0 Å². The zero-order valence-electron chi connectivity index (χ0n) is 22.8. The van der Waals surface area contributed by atoms with Crippen molar-refractivity contribution in [3.8, 4) is 0 Å². The van der Waals surface area contributed by atoms with Gasteiger partial charge in [0.1, 0.15) is 11.7 Å². The van der Waals surface area contributed by atoms with Gasteiger partial charge in [-0.1, -0.05) is 71.0 Å². The van der Waals surface area contributed by atoms with Crippen molar-refractivity contribution in [2.75, 3.05) is 25.5 Å².